The first-order valence-corrected chi connectivity index (χ1v) is 10.5. The summed E-state index contributed by atoms with van der Waals surface area (Å²) in [7, 11) is 0. The Kier molecular flexibility index (Phi) is 4.48. The maximum atomic E-state index is 12.2. The standard InChI is InChI=1S/C23H20N4OS/c1-14(28)20(12-16-13-24-19-9-5-4-7-17(16)19)26-27-23-25-22-18-8-3-2-6-15(18)10-11-21(22)29-23/h2-9,13,24H,10-12H2,1H3,(H,25,27)/b26-20-. The molecule has 2 N–H and O–H groups in total. The number of H-pyrrole nitrogens is 1. The third-order valence-electron chi connectivity index (χ3n) is 5.32. The molecule has 29 heavy (non-hydrogen) atoms. The van der Waals surface area contributed by atoms with Gasteiger partial charge in [0.15, 0.2) is 5.78 Å². The number of Topliss-reactive ketones (excluding diaryl/α,β-unsaturated/α-hetero) is 1. The van der Waals surface area contributed by atoms with E-state index in [9.17, 15) is 4.79 Å². The molecule has 0 aliphatic heterocycles. The van der Waals surface area contributed by atoms with E-state index >= 15 is 0 Å². The van der Waals surface area contributed by atoms with Gasteiger partial charge in [-0.05, 0) is 30.0 Å². The number of benzene rings is 2. The van der Waals surface area contributed by atoms with E-state index in [2.05, 4.69) is 39.8 Å². The number of para-hydroxylation sites is 1. The Balaban J connectivity index is 1.41. The zero-order valence-electron chi connectivity index (χ0n) is 16.0. The monoisotopic (exact) mass is 400 g/mol. The van der Waals surface area contributed by atoms with Crippen molar-refractivity contribution in [3.8, 4) is 11.3 Å². The van der Waals surface area contributed by atoms with Crippen LogP contribution in [0.1, 0.15) is 22.9 Å². The van der Waals surface area contributed by atoms with Gasteiger partial charge in [0.05, 0.1) is 5.69 Å². The lowest BCUT2D eigenvalue weighted by Gasteiger charge is -2.13. The third-order valence-corrected chi connectivity index (χ3v) is 6.34. The van der Waals surface area contributed by atoms with Crippen LogP contribution in [0.5, 0.6) is 0 Å². The molecule has 2 aromatic heterocycles. The number of thiazole rings is 1. The minimum absolute atomic E-state index is 0.0468. The fraction of sp³-hybridized carbons (Fsp3) is 0.174. The molecule has 0 unspecified atom stereocenters. The Labute approximate surface area is 172 Å². The molecule has 1 aliphatic carbocycles. The van der Waals surface area contributed by atoms with E-state index in [1.807, 2.05) is 30.5 Å². The maximum Gasteiger partial charge on any atom is 0.204 e. The molecular formula is C23H20N4OS. The lowest BCUT2D eigenvalue weighted by Crippen LogP contribution is -2.15. The highest BCUT2D eigenvalue weighted by atomic mass is 32.1. The Hall–Kier alpha value is -3.25. The van der Waals surface area contributed by atoms with Crippen LogP contribution >= 0.6 is 11.3 Å². The molecule has 2 heterocycles. The highest BCUT2D eigenvalue weighted by Crippen LogP contribution is 2.37. The average Bonchev–Trinajstić information content (AvgIpc) is 3.35. The van der Waals surface area contributed by atoms with Gasteiger partial charge in [0.1, 0.15) is 5.71 Å². The number of rotatable bonds is 5. The van der Waals surface area contributed by atoms with E-state index in [-0.39, 0.29) is 5.78 Å². The van der Waals surface area contributed by atoms with Gasteiger partial charge in [-0.3, -0.25) is 10.2 Å². The predicted octanol–water partition coefficient (Wildman–Crippen LogP) is 4.99. The SMILES string of the molecule is CC(=O)/C(Cc1c[nH]c2ccccc12)=N\Nc1nc2c(s1)CCc1ccccc1-2. The number of ketones is 1. The molecule has 2 aromatic carbocycles. The Morgan fingerprint density at radius 2 is 2.00 bits per heavy atom. The molecule has 0 saturated carbocycles. The molecule has 0 atom stereocenters. The van der Waals surface area contributed by atoms with E-state index in [4.69, 9.17) is 4.98 Å². The highest BCUT2D eigenvalue weighted by Gasteiger charge is 2.20. The topological polar surface area (TPSA) is 70.1 Å². The highest BCUT2D eigenvalue weighted by molar-refractivity contribution is 7.16. The molecule has 6 heteroatoms. The second kappa shape index (κ2) is 7.29. The number of fused-ring (bicyclic) bond motifs is 4. The third kappa shape index (κ3) is 3.36. The van der Waals surface area contributed by atoms with Gasteiger partial charge in [-0.2, -0.15) is 5.10 Å². The van der Waals surface area contributed by atoms with Crippen LogP contribution in [0.15, 0.2) is 59.8 Å². The molecule has 0 amide bonds. The van der Waals surface area contributed by atoms with Crippen LogP contribution in [0.4, 0.5) is 5.13 Å². The molecule has 0 fully saturated rings. The number of nitrogens with zero attached hydrogens (tertiary/aromatic N) is 2. The van der Waals surface area contributed by atoms with Crippen molar-refractivity contribution in [2.45, 2.75) is 26.2 Å². The number of aromatic amines is 1. The summed E-state index contributed by atoms with van der Waals surface area (Å²) in [5.41, 5.74) is 9.22. The molecule has 1 aliphatic rings. The summed E-state index contributed by atoms with van der Waals surface area (Å²) in [5.74, 6) is -0.0468. The van der Waals surface area contributed by atoms with E-state index in [0.717, 1.165) is 40.1 Å². The van der Waals surface area contributed by atoms with Crippen LogP contribution in [0, 0.1) is 0 Å². The second-order valence-corrected chi connectivity index (χ2v) is 8.29. The normalized spacial score (nSPS) is 13.2. The van der Waals surface area contributed by atoms with E-state index in [1.165, 1.54) is 16.0 Å². The van der Waals surface area contributed by atoms with Crippen molar-refractivity contribution in [1.82, 2.24) is 9.97 Å². The summed E-state index contributed by atoms with van der Waals surface area (Å²) < 4.78 is 0. The van der Waals surface area contributed by atoms with Crippen molar-refractivity contribution >= 4 is 38.9 Å². The minimum atomic E-state index is -0.0468. The summed E-state index contributed by atoms with van der Waals surface area (Å²) in [6.45, 7) is 1.55. The van der Waals surface area contributed by atoms with Gasteiger partial charge >= 0.3 is 0 Å². The molecule has 0 radical (unpaired) electrons. The molecule has 5 nitrogen and oxygen atoms in total. The van der Waals surface area contributed by atoms with Crippen LogP contribution in [-0.2, 0) is 24.1 Å². The Morgan fingerprint density at radius 1 is 1.17 bits per heavy atom. The van der Waals surface area contributed by atoms with Gasteiger partial charge in [0.2, 0.25) is 5.13 Å². The summed E-state index contributed by atoms with van der Waals surface area (Å²) in [4.78, 5) is 21.5. The molecule has 144 valence electrons. The van der Waals surface area contributed by atoms with Gasteiger partial charge in [0.25, 0.3) is 0 Å². The number of carbonyl (C=O) groups excluding carboxylic acids is 1. The molecule has 4 aromatic rings. The molecule has 5 rings (SSSR count). The number of anilines is 1. The van der Waals surface area contributed by atoms with Crippen LogP contribution in [0.25, 0.3) is 22.2 Å². The van der Waals surface area contributed by atoms with Crippen molar-refractivity contribution in [2.75, 3.05) is 5.43 Å². The van der Waals surface area contributed by atoms with Crippen LogP contribution < -0.4 is 5.43 Å². The molecule has 0 bridgehead atoms. The smallest absolute Gasteiger partial charge is 0.204 e. The zero-order chi connectivity index (χ0) is 19.8. The number of carbonyl (C=O) groups is 1. The molecule has 0 spiro atoms. The Morgan fingerprint density at radius 3 is 2.90 bits per heavy atom. The van der Waals surface area contributed by atoms with E-state index < -0.39 is 0 Å². The van der Waals surface area contributed by atoms with Gasteiger partial charge in [-0.1, -0.05) is 53.8 Å². The Bertz CT molecular complexity index is 1250. The number of aromatic nitrogens is 2. The predicted molar refractivity (Wildman–Crippen MR) is 119 cm³/mol. The van der Waals surface area contributed by atoms with Gasteiger partial charge < -0.3 is 4.98 Å². The summed E-state index contributed by atoms with van der Waals surface area (Å²) in [5, 5.41) is 6.27. The van der Waals surface area contributed by atoms with Crippen LogP contribution in [0.3, 0.4) is 0 Å². The van der Waals surface area contributed by atoms with Crippen LogP contribution in [-0.4, -0.2) is 21.5 Å². The summed E-state index contributed by atoms with van der Waals surface area (Å²) in [6.07, 6.45) is 4.44. The fourth-order valence-corrected chi connectivity index (χ4v) is 4.73. The quantitative estimate of drug-likeness (QED) is 0.366. The van der Waals surface area contributed by atoms with Crippen LogP contribution in [0.2, 0.25) is 0 Å². The number of hydrazone groups is 1. The largest absolute Gasteiger partial charge is 0.361 e. The first-order valence-electron chi connectivity index (χ1n) is 9.65. The van der Waals surface area contributed by atoms with Crippen molar-refractivity contribution in [2.24, 2.45) is 5.10 Å². The number of aryl methyl sites for hydroxylation is 2. The summed E-state index contributed by atoms with van der Waals surface area (Å²) >= 11 is 1.62. The van der Waals surface area contributed by atoms with Gasteiger partial charge in [-0.25, -0.2) is 4.98 Å². The zero-order valence-corrected chi connectivity index (χ0v) is 16.8. The van der Waals surface area contributed by atoms with Crippen molar-refractivity contribution in [3.63, 3.8) is 0 Å². The number of hydrogen-bond donors (Lipinski definition) is 2. The van der Waals surface area contributed by atoms with Crippen molar-refractivity contribution in [3.05, 3.63) is 70.7 Å². The minimum Gasteiger partial charge on any atom is -0.361 e. The van der Waals surface area contributed by atoms with E-state index in [0.29, 0.717) is 12.1 Å². The maximum absolute atomic E-state index is 12.2. The molecular weight excluding hydrogens is 380 g/mol. The number of hydrogen-bond acceptors (Lipinski definition) is 5. The first-order chi connectivity index (χ1) is 14.2. The second-order valence-electron chi connectivity index (χ2n) is 7.21. The first kappa shape index (κ1) is 17.8. The fourth-order valence-electron chi connectivity index (χ4n) is 3.81. The van der Waals surface area contributed by atoms with Crippen molar-refractivity contribution < 1.29 is 4.79 Å². The lowest BCUT2D eigenvalue weighted by atomic mass is 9.94. The van der Waals surface area contributed by atoms with E-state index in [1.54, 1.807) is 18.3 Å². The van der Waals surface area contributed by atoms with Gasteiger partial charge in [-0.15, -0.1) is 0 Å². The summed E-state index contributed by atoms with van der Waals surface area (Å²) in [6, 6.07) is 16.5. The lowest BCUT2D eigenvalue weighted by molar-refractivity contribution is -0.111. The number of nitrogens with one attached hydrogen (secondary N) is 2. The average molecular weight is 401 g/mol. The van der Waals surface area contributed by atoms with Crippen molar-refractivity contribution in [1.29, 1.82) is 0 Å². The molecule has 0 saturated heterocycles. The van der Waals surface area contributed by atoms with Gasteiger partial charge in [0, 0.05) is 40.9 Å².